The lowest BCUT2D eigenvalue weighted by Crippen LogP contribution is -2.72. The SMILES string of the molecule is C[C@H]1c2ccc(CNCCc3ccccc3)c(O)c2C(=O)C2C(=O)[C@]3(O)C(=O)C(C(N)=O)C(=O)C[C@@H]3[C@@H](O)[C@@H]21. The number of Topliss-reactive ketones (excluding diaryl/α,β-unsaturated/α-hetero) is 4. The van der Waals surface area contributed by atoms with E-state index < -0.39 is 76.8 Å². The van der Waals surface area contributed by atoms with Crippen LogP contribution in [0.4, 0.5) is 0 Å². The molecule has 5 rings (SSSR count). The number of fused-ring (bicyclic) bond motifs is 3. The van der Waals surface area contributed by atoms with E-state index in [1.807, 2.05) is 30.3 Å². The Kier molecular flexibility index (Phi) is 6.74. The summed E-state index contributed by atoms with van der Waals surface area (Å²) < 4.78 is 0. The molecule has 2 aromatic carbocycles. The zero-order valence-corrected chi connectivity index (χ0v) is 21.3. The number of ketones is 4. The predicted molar refractivity (Wildman–Crippen MR) is 136 cm³/mol. The van der Waals surface area contributed by atoms with Gasteiger partial charge in [-0.1, -0.05) is 49.4 Å². The highest BCUT2D eigenvalue weighted by atomic mass is 16.3. The maximum Gasteiger partial charge on any atom is 0.235 e. The van der Waals surface area contributed by atoms with Gasteiger partial charge in [-0.05, 0) is 30.0 Å². The molecule has 0 spiro atoms. The average molecular weight is 535 g/mol. The number of benzene rings is 2. The molecular weight excluding hydrogens is 504 g/mol. The van der Waals surface area contributed by atoms with Crippen LogP contribution in [0.2, 0.25) is 0 Å². The number of aromatic hydroxyl groups is 1. The fraction of sp³-hybridized carbons (Fsp3) is 0.414. The lowest BCUT2D eigenvalue weighted by Gasteiger charge is -2.52. The Morgan fingerprint density at radius 3 is 2.44 bits per heavy atom. The molecule has 0 aromatic heterocycles. The number of hydrogen-bond acceptors (Lipinski definition) is 9. The zero-order valence-electron chi connectivity index (χ0n) is 21.3. The smallest absolute Gasteiger partial charge is 0.235 e. The van der Waals surface area contributed by atoms with Crippen LogP contribution in [0, 0.1) is 23.7 Å². The molecule has 0 saturated heterocycles. The summed E-state index contributed by atoms with van der Waals surface area (Å²) in [6.07, 6.45) is -1.44. The minimum absolute atomic E-state index is 0.0977. The third kappa shape index (κ3) is 4.02. The van der Waals surface area contributed by atoms with Crippen LogP contribution >= 0.6 is 0 Å². The Morgan fingerprint density at radius 1 is 1.08 bits per heavy atom. The minimum Gasteiger partial charge on any atom is -0.507 e. The van der Waals surface area contributed by atoms with Gasteiger partial charge >= 0.3 is 0 Å². The topological polar surface area (TPSA) is 184 Å². The molecule has 0 radical (unpaired) electrons. The van der Waals surface area contributed by atoms with Crippen LogP contribution in [0.5, 0.6) is 5.75 Å². The van der Waals surface area contributed by atoms with Crippen molar-refractivity contribution in [1.29, 1.82) is 0 Å². The second-order valence-corrected chi connectivity index (χ2v) is 10.8. The molecule has 1 amide bonds. The summed E-state index contributed by atoms with van der Waals surface area (Å²) in [6, 6.07) is 13.2. The molecule has 2 aromatic rings. The van der Waals surface area contributed by atoms with Crippen LogP contribution in [-0.4, -0.2) is 62.6 Å². The minimum atomic E-state index is -2.92. The molecule has 2 unspecified atom stereocenters. The number of carbonyl (C=O) groups excluding carboxylic acids is 5. The first-order valence-electron chi connectivity index (χ1n) is 12.9. The number of amides is 1. The van der Waals surface area contributed by atoms with Crippen molar-refractivity contribution in [2.24, 2.45) is 29.4 Å². The van der Waals surface area contributed by atoms with Gasteiger partial charge in [0, 0.05) is 30.4 Å². The molecule has 204 valence electrons. The van der Waals surface area contributed by atoms with E-state index in [0.29, 0.717) is 17.7 Å². The highest BCUT2D eigenvalue weighted by Gasteiger charge is 2.69. The standard InChI is InChI=1S/C29H30N2O8/c1-13-16-8-7-15(12-31-10-9-14-5-3-2-4-6-14)23(33)20(16)25(35)22-19(13)24(34)17-11-18(32)21(28(30)38)26(36)29(17,39)27(22)37/h2-8,13,17,19,21-22,24,31,33-34,39H,9-12H2,1H3,(H2,30,38)/t13-,17+,19+,21?,22?,24+,29+/m0/s1. The monoisotopic (exact) mass is 534 g/mol. The molecule has 10 nitrogen and oxygen atoms in total. The number of primary amides is 1. The van der Waals surface area contributed by atoms with Crippen molar-refractivity contribution in [1.82, 2.24) is 5.32 Å². The quantitative estimate of drug-likeness (QED) is 0.255. The lowest BCUT2D eigenvalue weighted by atomic mass is 9.50. The lowest BCUT2D eigenvalue weighted by molar-refractivity contribution is -0.189. The highest BCUT2D eigenvalue weighted by Crippen LogP contribution is 2.54. The van der Waals surface area contributed by atoms with E-state index in [-0.39, 0.29) is 17.9 Å². The van der Waals surface area contributed by atoms with Crippen molar-refractivity contribution >= 4 is 29.0 Å². The van der Waals surface area contributed by atoms with E-state index in [9.17, 15) is 39.3 Å². The summed E-state index contributed by atoms with van der Waals surface area (Å²) >= 11 is 0. The average Bonchev–Trinajstić information content (AvgIpc) is 2.90. The van der Waals surface area contributed by atoms with Gasteiger partial charge in [0.2, 0.25) is 5.91 Å². The molecular formula is C29H30N2O8. The second kappa shape index (κ2) is 9.78. The number of aliphatic hydroxyl groups is 2. The van der Waals surface area contributed by atoms with Gasteiger partial charge in [0.1, 0.15) is 5.75 Å². The van der Waals surface area contributed by atoms with Crippen LogP contribution in [0.3, 0.4) is 0 Å². The number of phenols is 1. The predicted octanol–water partition coefficient (Wildman–Crippen LogP) is 0.191. The first-order chi connectivity index (χ1) is 18.5. The highest BCUT2D eigenvalue weighted by molar-refractivity contribution is 6.31. The van der Waals surface area contributed by atoms with E-state index in [0.717, 1.165) is 12.0 Å². The van der Waals surface area contributed by atoms with Crippen LogP contribution in [0.15, 0.2) is 42.5 Å². The Hall–Kier alpha value is -3.73. The fourth-order valence-corrected chi connectivity index (χ4v) is 6.64. The maximum absolute atomic E-state index is 13.8. The molecule has 0 aliphatic heterocycles. The summed E-state index contributed by atoms with van der Waals surface area (Å²) in [5.41, 5.74) is 4.17. The molecule has 2 saturated carbocycles. The van der Waals surface area contributed by atoms with E-state index in [1.165, 1.54) is 0 Å². The third-order valence-electron chi connectivity index (χ3n) is 8.69. The van der Waals surface area contributed by atoms with Crippen LogP contribution in [-0.2, 0) is 32.1 Å². The summed E-state index contributed by atoms with van der Waals surface area (Å²) in [5.74, 6) is -12.8. The number of carbonyl (C=O) groups is 5. The van der Waals surface area contributed by atoms with Gasteiger partial charge in [0.25, 0.3) is 0 Å². The third-order valence-corrected chi connectivity index (χ3v) is 8.69. The molecule has 39 heavy (non-hydrogen) atoms. The number of nitrogens with one attached hydrogen (secondary N) is 1. The summed E-state index contributed by atoms with van der Waals surface area (Å²) in [4.78, 5) is 64.9. The summed E-state index contributed by atoms with van der Waals surface area (Å²) in [6.45, 7) is 2.53. The van der Waals surface area contributed by atoms with Crippen molar-refractivity contribution in [3.05, 3.63) is 64.7 Å². The fourth-order valence-electron chi connectivity index (χ4n) is 6.64. The Bertz CT molecular complexity index is 1390. The molecule has 7 atom stereocenters. The van der Waals surface area contributed by atoms with Gasteiger partial charge in [0.05, 0.1) is 17.6 Å². The number of phenolic OH excluding ortho intramolecular Hbond substituents is 1. The summed E-state index contributed by atoms with van der Waals surface area (Å²) in [5, 5.41) is 36.9. The van der Waals surface area contributed by atoms with Gasteiger partial charge in [-0.2, -0.15) is 0 Å². The zero-order chi connectivity index (χ0) is 28.2. The molecule has 6 N–H and O–H groups in total. The molecule has 10 heteroatoms. The van der Waals surface area contributed by atoms with Gasteiger partial charge in [-0.15, -0.1) is 0 Å². The van der Waals surface area contributed by atoms with E-state index >= 15 is 0 Å². The van der Waals surface area contributed by atoms with E-state index in [2.05, 4.69) is 5.32 Å². The van der Waals surface area contributed by atoms with Crippen LogP contribution < -0.4 is 11.1 Å². The number of nitrogens with two attached hydrogens (primary N) is 1. The van der Waals surface area contributed by atoms with Crippen molar-refractivity contribution in [3.63, 3.8) is 0 Å². The van der Waals surface area contributed by atoms with Crippen molar-refractivity contribution in [2.45, 2.75) is 43.9 Å². The van der Waals surface area contributed by atoms with Gasteiger partial charge < -0.3 is 26.4 Å². The number of rotatable bonds is 6. The van der Waals surface area contributed by atoms with E-state index in [4.69, 9.17) is 5.73 Å². The first-order valence-corrected chi connectivity index (χ1v) is 12.9. The van der Waals surface area contributed by atoms with Crippen molar-refractivity contribution < 1.29 is 39.3 Å². The molecule has 2 fully saturated rings. The molecule has 0 bridgehead atoms. The van der Waals surface area contributed by atoms with Crippen molar-refractivity contribution in [3.8, 4) is 5.75 Å². The maximum atomic E-state index is 13.8. The van der Waals surface area contributed by atoms with Gasteiger partial charge in [0.15, 0.2) is 34.7 Å². The van der Waals surface area contributed by atoms with Gasteiger partial charge in [-0.25, -0.2) is 0 Å². The van der Waals surface area contributed by atoms with E-state index in [1.54, 1.807) is 19.1 Å². The van der Waals surface area contributed by atoms with Crippen molar-refractivity contribution in [2.75, 3.05) is 6.54 Å². The largest absolute Gasteiger partial charge is 0.507 e. The Morgan fingerprint density at radius 2 is 1.77 bits per heavy atom. The van der Waals surface area contributed by atoms with Crippen LogP contribution in [0.1, 0.15) is 46.3 Å². The normalized spacial score (nSPS) is 31.9. The molecule has 3 aliphatic carbocycles. The number of aliphatic hydroxyl groups excluding tert-OH is 1. The first kappa shape index (κ1) is 26.9. The Balaban J connectivity index is 1.45. The second-order valence-electron chi connectivity index (χ2n) is 10.8. The Labute approximate surface area is 224 Å². The van der Waals surface area contributed by atoms with Gasteiger partial charge in [-0.3, -0.25) is 24.0 Å². The molecule has 3 aliphatic rings. The number of hydrogen-bond donors (Lipinski definition) is 5. The van der Waals surface area contributed by atoms with Crippen LogP contribution in [0.25, 0.3) is 0 Å². The molecule has 0 heterocycles. The summed E-state index contributed by atoms with van der Waals surface area (Å²) in [7, 11) is 0.